The SMILES string of the molecule is CC/C=C\C/C=C\C/C=C\C/C=C\C/C=C\CCCC(=O)OC(CO)COC(=O)CCCCCCCCCCCCC. The number of carbonyl (C=O) groups is 2. The smallest absolute Gasteiger partial charge is 0.306 e. The van der Waals surface area contributed by atoms with Crippen molar-refractivity contribution in [3.63, 3.8) is 0 Å². The average Bonchev–Trinajstić information content (AvgIpc) is 2.99. The lowest BCUT2D eigenvalue weighted by Crippen LogP contribution is -2.28. The molecule has 0 aliphatic rings. The van der Waals surface area contributed by atoms with Crippen molar-refractivity contribution in [3.8, 4) is 0 Å². The highest BCUT2D eigenvalue weighted by molar-refractivity contribution is 5.70. The molecular formula is C37H62O5. The zero-order valence-electron chi connectivity index (χ0n) is 27.0. The predicted octanol–water partition coefficient (Wildman–Crippen LogP) is 10.1. The molecule has 0 aromatic rings. The van der Waals surface area contributed by atoms with E-state index in [4.69, 9.17) is 9.47 Å². The zero-order valence-corrected chi connectivity index (χ0v) is 27.0. The lowest BCUT2D eigenvalue weighted by atomic mass is 10.1. The number of rotatable bonds is 29. The summed E-state index contributed by atoms with van der Waals surface area (Å²) >= 11 is 0. The molecule has 1 atom stereocenters. The molecule has 0 rings (SSSR count). The molecule has 0 spiro atoms. The van der Waals surface area contributed by atoms with Crippen LogP contribution in [0.3, 0.4) is 0 Å². The van der Waals surface area contributed by atoms with Gasteiger partial charge in [0.05, 0.1) is 6.61 Å². The van der Waals surface area contributed by atoms with E-state index < -0.39 is 6.10 Å². The number of esters is 2. The number of ether oxygens (including phenoxy) is 2. The fourth-order valence-corrected chi connectivity index (χ4v) is 4.29. The number of aliphatic hydroxyl groups excluding tert-OH is 1. The highest BCUT2D eigenvalue weighted by atomic mass is 16.6. The minimum Gasteiger partial charge on any atom is -0.462 e. The molecule has 0 saturated carbocycles. The second-order valence-electron chi connectivity index (χ2n) is 10.9. The number of carbonyl (C=O) groups excluding carboxylic acids is 2. The van der Waals surface area contributed by atoms with Crippen LogP contribution >= 0.6 is 0 Å². The fraction of sp³-hybridized carbons (Fsp3) is 0.676. The number of hydrogen-bond acceptors (Lipinski definition) is 5. The molecule has 42 heavy (non-hydrogen) atoms. The third-order valence-corrected chi connectivity index (χ3v) is 6.83. The Balaban J connectivity index is 3.73. The van der Waals surface area contributed by atoms with E-state index in [1.165, 1.54) is 51.4 Å². The molecule has 5 nitrogen and oxygen atoms in total. The fourth-order valence-electron chi connectivity index (χ4n) is 4.29. The van der Waals surface area contributed by atoms with Crippen LogP contribution in [0, 0.1) is 0 Å². The molecule has 1 N–H and O–H groups in total. The molecule has 0 fully saturated rings. The first kappa shape index (κ1) is 39.6. The van der Waals surface area contributed by atoms with E-state index in [9.17, 15) is 14.7 Å². The van der Waals surface area contributed by atoms with Gasteiger partial charge in [0, 0.05) is 12.8 Å². The monoisotopic (exact) mass is 586 g/mol. The van der Waals surface area contributed by atoms with Gasteiger partial charge in [-0.05, 0) is 51.4 Å². The van der Waals surface area contributed by atoms with Crippen molar-refractivity contribution in [2.75, 3.05) is 13.2 Å². The van der Waals surface area contributed by atoms with E-state index in [0.717, 1.165) is 57.8 Å². The van der Waals surface area contributed by atoms with E-state index in [2.05, 4.69) is 74.6 Å². The second kappa shape index (κ2) is 33.1. The highest BCUT2D eigenvalue weighted by Crippen LogP contribution is 2.12. The molecule has 1 unspecified atom stereocenters. The Morgan fingerprint density at radius 2 is 1.02 bits per heavy atom. The summed E-state index contributed by atoms with van der Waals surface area (Å²) < 4.78 is 10.5. The maximum Gasteiger partial charge on any atom is 0.306 e. The van der Waals surface area contributed by atoms with Crippen LogP contribution in [-0.4, -0.2) is 36.4 Å². The van der Waals surface area contributed by atoms with Crippen molar-refractivity contribution in [1.29, 1.82) is 0 Å². The van der Waals surface area contributed by atoms with Gasteiger partial charge in [0.1, 0.15) is 6.61 Å². The van der Waals surface area contributed by atoms with E-state index in [0.29, 0.717) is 12.8 Å². The first-order chi connectivity index (χ1) is 20.6. The predicted molar refractivity (Wildman–Crippen MR) is 177 cm³/mol. The third kappa shape index (κ3) is 30.6. The Hall–Kier alpha value is -2.40. The van der Waals surface area contributed by atoms with Crippen molar-refractivity contribution in [1.82, 2.24) is 0 Å². The van der Waals surface area contributed by atoms with Gasteiger partial charge in [-0.25, -0.2) is 0 Å². The molecule has 0 aromatic heterocycles. The van der Waals surface area contributed by atoms with Crippen LogP contribution in [-0.2, 0) is 19.1 Å². The molecular weight excluding hydrogens is 524 g/mol. The van der Waals surface area contributed by atoms with Gasteiger partial charge in [-0.15, -0.1) is 0 Å². The summed E-state index contributed by atoms with van der Waals surface area (Å²) in [5.74, 6) is -0.665. The van der Waals surface area contributed by atoms with Gasteiger partial charge >= 0.3 is 11.9 Å². The van der Waals surface area contributed by atoms with Crippen LogP contribution in [0.1, 0.15) is 142 Å². The van der Waals surface area contributed by atoms with Crippen molar-refractivity contribution >= 4 is 11.9 Å². The zero-order chi connectivity index (χ0) is 30.8. The topological polar surface area (TPSA) is 72.8 Å². The van der Waals surface area contributed by atoms with Crippen molar-refractivity contribution in [2.45, 2.75) is 148 Å². The van der Waals surface area contributed by atoms with Crippen LogP contribution in [0.4, 0.5) is 0 Å². The molecule has 0 radical (unpaired) electrons. The number of unbranched alkanes of at least 4 members (excludes halogenated alkanes) is 11. The van der Waals surface area contributed by atoms with Gasteiger partial charge < -0.3 is 14.6 Å². The summed E-state index contributed by atoms with van der Waals surface area (Å²) in [6, 6.07) is 0. The number of aliphatic hydroxyl groups is 1. The maximum atomic E-state index is 12.1. The first-order valence-corrected chi connectivity index (χ1v) is 16.8. The summed E-state index contributed by atoms with van der Waals surface area (Å²) in [6.07, 6.45) is 41.3. The van der Waals surface area contributed by atoms with Gasteiger partial charge in [-0.3, -0.25) is 9.59 Å². The Morgan fingerprint density at radius 3 is 1.52 bits per heavy atom. The summed E-state index contributed by atoms with van der Waals surface area (Å²) in [6.45, 7) is 3.94. The van der Waals surface area contributed by atoms with Gasteiger partial charge in [0.15, 0.2) is 6.10 Å². The Morgan fingerprint density at radius 1 is 0.571 bits per heavy atom. The van der Waals surface area contributed by atoms with Gasteiger partial charge in [0.2, 0.25) is 0 Å². The third-order valence-electron chi connectivity index (χ3n) is 6.83. The summed E-state index contributed by atoms with van der Waals surface area (Å²) in [7, 11) is 0. The van der Waals surface area contributed by atoms with Gasteiger partial charge in [-0.2, -0.15) is 0 Å². The highest BCUT2D eigenvalue weighted by Gasteiger charge is 2.15. The molecule has 5 heteroatoms. The van der Waals surface area contributed by atoms with Crippen LogP contribution in [0.5, 0.6) is 0 Å². The molecule has 0 amide bonds. The maximum absolute atomic E-state index is 12.1. The van der Waals surface area contributed by atoms with Crippen molar-refractivity contribution < 1.29 is 24.2 Å². The van der Waals surface area contributed by atoms with Gasteiger partial charge in [0.25, 0.3) is 0 Å². The Bertz CT molecular complexity index is 762. The Kier molecular flexibility index (Phi) is 31.2. The summed E-state index contributed by atoms with van der Waals surface area (Å²) in [4.78, 5) is 24.1. The summed E-state index contributed by atoms with van der Waals surface area (Å²) in [5.41, 5.74) is 0. The minimum atomic E-state index is -0.799. The first-order valence-electron chi connectivity index (χ1n) is 16.8. The molecule has 0 aromatic carbocycles. The largest absolute Gasteiger partial charge is 0.462 e. The van der Waals surface area contributed by atoms with E-state index >= 15 is 0 Å². The van der Waals surface area contributed by atoms with Crippen LogP contribution in [0.25, 0.3) is 0 Å². The normalized spacial score (nSPS) is 12.9. The average molecular weight is 587 g/mol. The van der Waals surface area contributed by atoms with Crippen molar-refractivity contribution in [2.24, 2.45) is 0 Å². The van der Waals surface area contributed by atoms with E-state index in [1.54, 1.807) is 0 Å². The molecule has 0 saturated heterocycles. The van der Waals surface area contributed by atoms with E-state index in [1.807, 2.05) is 0 Å². The molecule has 240 valence electrons. The molecule has 0 aliphatic carbocycles. The quantitative estimate of drug-likeness (QED) is 0.0536. The summed E-state index contributed by atoms with van der Waals surface area (Å²) in [5, 5.41) is 9.49. The number of hydrogen-bond donors (Lipinski definition) is 1. The Labute approximate surface area is 258 Å². The van der Waals surface area contributed by atoms with Crippen LogP contribution in [0.15, 0.2) is 60.8 Å². The molecule has 0 aliphatic heterocycles. The lowest BCUT2D eigenvalue weighted by Gasteiger charge is -2.15. The van der Waals surface area contributed by atoms with Crippen LogP contribution < -0.4 is 0 Å². The minimum absolute atomic E-state index is 0.0894. The molecule has 0 bridgehead atoms. The van der Waals surface area contributed by atoms with E-state index in [-0.39, 0.29) is 31.6 Å². The second-order valence-corrected chi connectivity index (χ2v) is 10.9. The van der Waals surface area contributed by atoms with Crippen molar-refractivity contribution in [3.05, 3.63) is 60.8 Å². The standard InChI is InChI=1S/C37H62O5/c1-3-5-7-9-11-13-15-16-17-18-19-20-22-24-26-28-30-32-37(40)42-35(33-38)34-41-36(39)31-29-27-25-23-21-14-12-10-8-6-4-2/h5,7,11,13,16-17,19-20,24,26,35,38H,3-4,6,8-10,12,14-15,18,21-23,25,27-34H2,1-2H3/b7-5-,13-11-,17-16-,20-19-,26-24-. The van der Waals surface area contributed by atoms with Crippen LogP contribution in [0.2, 0.25) is 0 Å². The lowest BCUT2D eigenvalue weighted by molar-refractivity contribution is -0.161. The molecule has 0 heterocycles. The van der Waals surface area contributed by atoms with Gasteiger partial charge in [-0.1, -0.05) is 139 Å². The number of allylic oxidation sites excluding steroid dienone is 10.